The van der Waals surface area contributed by atoms with Crippen LogP contribution in [-0.4, -0.2) is 67.8 Å². The molecule has 0 aliphatic carbocycles. The van der Waals surface area contributed by atoms with Crippen molar-refractivity contribution in [3.05, 3.63) is 65.9 Å². The maximum absolute atomic E-state index is 13.4. The number of amides is 1. The molecule has 0 N–H and O–H groups in total. The lowest BCUT2D eigenvalue weighted by Crippen LogP contribution is -2.51. The predicted octanol–water partition coefficient (Wildman–Crippen LogP) is 3.21. The SMILES string of the molecule is CCN(C(=O)CN1CCN(S(=O)(=O)c2cccc3cc(C)cnc23)CC1)c1ccccc1C. The van der Waals surface area contributed by atoms with Gasteiger partial charge in [-0.1, -0.05) is 30.3 Å². The van der Waals surface area contributed by atoms with Gasteiger partial charge in [0.2, 0.25) is 15.9 Å². The second-order valence-corrected chi connectivity index (χ2v) is 10.4. The lowest BCUT2D eigenvalue weighted by Gasteiger charge is -2.35. The average Bonchev–Trinajstić information content (AvgIpc) is 2.80. The normalized spacial score (nSPS) is 15.6. The molecule has 2 aromatic carbocycles. The molecule has 4 rings (SSSR count). The van der Waals surface area contributed by atoms with E-state index in [0.29, 0.717) is 38.2 Å². The number of likely N-dealkylation sites (N-methyl/N-ethyl adjacent to an activating group) is 1. The average molecular weight is 467 g/mol. The summed E-state index contributed by atoms with van der Waals surface area (Å²) in [6, 6.07) is 15.1. The van der Waals surface area contributed by atoms with Crippen LogP contribution in [0.4, 0.5) is 5.69 Å². The Balaban J connectivity index is 1.45. The number of aryl methyl sites for hydroxylation is 2. The van der Waals surface area contributed by atoms with Gasteiger partial charge in [-0.05, 0) is 50.1 Å². The topological polar surface area (TPSA) is 73.8 Å². The van der Waals surface area contributed by atoms with Gasteiger partial charge in [0.05, 0.1) is 12.1 Å². The first-order chi connectivity index (χ1) is 15.8. The Bertz CT molecular complexity index is 1270. The monoisotopic (exact) mass is 466 g/mol. The van der Waals surface area contributed by atoms with E-state index in [-0.39, 0.29) is 17.3 Å². The Morgan fingerprint density at radius 3 is 2.45 bits per heavy atom. The van der Waals surface area contributed by atoms with Gasteiger partial charge in [0.1, 0.15) is 4.90 Å². The molecule has 0 atom stereocenters. The molecule has 0 saturated carbocycles. The molecule has 8 heteroatoms. The van der Waals surface area contributed by atoms with E-state index < -0.39 is 10.0 Å². The molecule has 0 spiro atoms. The van der Waals surface area contributed by atoms with Crippen molar-refractivity contribution < 1.29 is 13.2 Å². The minimum absolute atomic E-state index is 0.0248. The number of hydrogen-bond donors (Lipinski definition) is 0. The molecule has 1 aliphatic rings. The molecular weight excluding hydrogens is 436 g/mol. The van der Waals surface area contributed by atoms with Gasteiger partial charge in [-0.15, -0.1) is 0 Å². The number of aromatic nitrogens is 1. The van der Waals surface area contributed by atoms with Gasteiger partial charge in [-0.25, -0.2) is 8.42 Å². The first-order valence-corrected chi connectivity index (χ1v) is 12.7. The van der Waals surface area contributed by atoms with Gasteiger partial charge < -0.3 is 4.90 Å². The highest BCUT2D eigenvalue weighted by Gasteiger charge is 2.31. The Labute approximate surface area is 195 Å². The number of benzene rings is 2. The minimum Gasteiger partial charge on any atom is -0.311 e. The van der Waals surface area contributed by atoms with Crippen LogP contribution in [0.15, 0.2) is 59.6 Å². The molecule has 1 fully saturated rings. The Morgan fingerprint density at radius 2 is 1.76 bits per heavy atom. The maximum atomic E-state index is 13.4. The number of pyridine rings is 1. The van der Waals surface area contributed by atoms with Gasteiger partial charge in [-0.3, -0.25) is 14.7 Å². The van der Waals surface area contributed by atoms with Crippen LogP contribution in [0.3, 0.4) is 0 Å². The van der Waals surface area contributed by atoms with Crippen molar-refractivity contribution in [2.45, 2.75) is 25.7 Å². The van der Waals surface area contributed by atoms with Crippen LogP contribution in [0.2, 0.25) is 0 Å². The maximum Gasteiger partial charge on any atom is 0.245 e. The highest BCUT2D eigenvalue weighted by molar-refractivity contribution is 7.89. The zero-order chi connectivity index (χ0) is 23.6. The summed E-state index contributed by atoms with van der Waals surface area (Å²) in [6.07, 6.45) is 1.69. The molecule has 174 valence electrons. The third-order valence-corrected chi connectivity index (χ3v) is 8.07. The fourth-order valence-electron chi connectivity index (χ4n) is 4.34. The quantitative estimate of drug-likeness (QED) is 0.558. The van der Waals surface area contributed by atoms with Gasteiger partial charge in [0.15, 0.2) is 0 Å². The summed E-state index contributed by atoms with van der Waals surface area (Å²) in [7, 11) is -3.67. The number of para-hydroxylation sites is 2. The molecule has 3 aromatic rings. The summed E-state index contributed by atoms with van der Waals surface area (Å²) in [5.41, 5.74) is 3.46. The fraction of sp³-hybridized carbons (Fsp3) is 0.360. The van der Waals surface area contributed by atoms with Crippen molar-refractivity contribution in [2.75, 3.05) is 44.2 Å². The van der Waals surface area contributed by atoms with Crippen LogP contribution in [0.25, 0.3) is 10.9 Å². The second-order valence-electron chi connectivity index (χ2n) is 8.45. The van der Waals surface area contributed by atoms with Crippen LogP contribution in [0.1, 0.15) is 18.1 Å². The van der Waals surface area contributed by atoms with E-state index in [1.807, 2.05) is 62.1 Å². The number of anilines is 1. The lowest BCUT2D eigenvalue weighted by atomic mass is 10.1. The van der Waals surface area contributed by atoms with Crippen LogP contribution in [-0.2, 0) is 14.8 Å². The molecule has 0 bridgehead atoms. The van der Waals surface area contributed by atoms with Crippen molar-refractivity contribution >= 4 is 32.5 Å². The van der Waals surface area contributed by atoms with E-state index in [9.17, 15) is 13.2 Å². The number of rotatable bonds is 6. The van der Waals surface area contributed by atoms with Crippen LogP contribution in [0.5, 0.6) is 0 Å². The summed E-state index contributed by atoms with van der Waals surface area (Å²) < 4.78 is 28.3. The van der Waals surface area contributed by atoms with Crippen LogP contribution in [0, 0.1) is 13.8 Å². The van der Waals surface area contributed by atoms with Crippen molar-refractivity contribution in [1.29, 1.82) is 0 Å². The molecule has 7 nitrogen and oxygen atoms in total. The molecule has 0 unspecified atom stereocenters. The molecule has 1 saturated heterocycles. The van der Waals surface area contributed by atoms with E-state index in [0.717, 1.165) is 22.2 Å². The van der Waals surface area contributed by atoms with Crippen molar-refractivity contribution in [2.24, 2.45) is 0 Å². The van der Waals surface area contributed by atoms with Crippen LogP contribution < -0.4 is 4.90 Å². The fourth-order valence-corrected chi connectivity index (χ4v) is 5.93. The molecule has 2 heterocycles. The smallest absolute Gasteiger partial charge is 0.245 e. The molecule has 0 radical (unpaired) electrons. The zero-order valence-electron chi connectivity index (χ0n) is 19.4. The van der Waals surface area contributed by atoms with E-state index >= 15 is 0 Å². The van der Waals surface area contributed by atoms with Crippen molar-refractivity contribution in [1.82, 2.24) is 14.2 Å². The molecule has 33 heavy (non-hydrogen) atoms. The molecule has 1 aliphatic heterocycles. The number of carbonyl (C=O) groups excluding carboxylic acids is 1. The van der Waals surface area contributed by atoms with E-state index in [2.05, 4.69) is 4.98 Å². The summed E-state index contributed by atoms with van der Waals surface area (Å²) >= 11 is 0. The zero-order valence-corrected chi connectivity index (χ0v) is 20.2. The number of hydrogen-bond acceptors (Lipinski definition) is 5. The minimum atomic E-state index is -3.67. The number of fused-ring (bicyclic) bond motifs is 1. The number of carbonyl (C=O) groups is 1. The molecule has 1 amide bonds. The highest BCUT2D eigenvalue weighted by atomic mass is 32.2. The number of nitrogens with zero attached hydrogens (tertiary/aromatic N) is 4. The molecule has 1 aromatic heterocycles. The van der Waals surface area contributed by atoms with Gasteiger partial charge in [0.25, 0.3) is 0 Å². The second kappa shape index (κ2) is 9.59. The van der Waals surface area contributed by atoms with Crippen LogP contribution >= 0.6 is 0 Å². The molecular formula is C25H30N4O3S. The first-order valence-electron chi connectivity index (χ1n) is 11.2. The predicted molar refractivity (Wildman–Crippen MR) is 131 cm³/mol. The number of piperazine rings is 1. The Hall–Kier alpha value is -2.81. The number of sulfonamides is 1. The van der Waals surface area contributed by atoms with E-state index in [4.69, 9.17) is 0 Å². The van der Waals surface area contributed by atoms with Crippen molar-refractivity contribution in [3.8, 4) is 0 Å². The summed E-state index contributed by atoms with van der Waals surface area (Å²) in [4.78, 5) is 21.5. The lowest BCUT2D eigenvalue weighted by molar-refractivity contribution is -0.120. The van der Waals surface area contributed by atoms with Gasteiger partial charge in [0, 0.05) is 50.0 Å². The summed E-state index contributed by atoms with van der Waals surface area (Å²) in [5, 5.41) is 0.816. The third kappa shape index (κ3) is 4.78. The largest absolute Gasteiger partial charge is 0.311 e. The summed E-state index contributed by atoms with van der Waals surface area (Å²) in [6.45, 7) is 8.46. The standard InChI is InChI=1S/C25H30N4O3S/c1-4-29(22-10-6-5-8-20(22)3)24(30)18-27-12-14-28(15-13-27)33(31,32)23-11-7-9-21-16-19(2)17-26-25(21)23/h5-11,16-17H,4,12-15,18H2,1-3H3. The van der Waals surface area contributed by atoms with E-state index in [1.165, 1.54) is 4.31 Å². The van der Waals surface area contributed by atoms with Gasteiger partial charge >= 0.3 is 0 Å². The highest BCUT2D eigenvalue weighted by Crippen LogP contribution is 2.26. The Morgan fingerprint density at radius 1 is 1.03 bits per heavy atom. The summed E-state index contributed by atoms with van der Waals surface area (Å²) in [5.74, 6) is 0.0248. The van der Waals surface area contributed by atoms with Crippen molar-refractivity contribution in [3.63, 3.8) is 0 Å². The Kier molecular flexibility index (Phi) is 6.78. The first kappa shape index (κ1) is 23.4. The third-order valence-electron chi connectivity index (χ3n) is 6.14. The van der Waals surface area contributed by atoms with Gasteiger partial charge in [-0.2, -0.15) is 4.31 Å². The van der Waals surface area contributed by atoms with E-state index in [1.54, 1.807) is 23.2 Å².